The molecule has 7 aromatic rings. The van der Waals surface area contributed by atoms with E-state index in [0.29, 0.717) is 6.71 Å². The van der Waals surface area contributed by atoms with Crippen molar-refractivity contribution in [3.05, 3.63) is 200 Å². The van der Waals surface area contributed by atoms with Crippen molar-refractivity contribution in [1.82, 2.24) is 9.55 Å². The molecule has 1 heterocycles. The first kappa shape index (κ1) is 38.1. The molecule has 6 heteroatoms. The molecule has 6 aromatic carbocycles. The van der Waals surface area contributed by atoms with Crippen molar-refractivity contribution in [2.75, 3.05) is 13.2 Å². The number of hydrogen-bond acceptors (Lipinski definition) is 3. The lowest BCUT2D eigenvalue weighted by Crippen LogP contribution is -2.51. The Labute approximate surface area is 324 Å². The summed E-state index contributed by atoms with van der Waals surface area (Å²) in [5, 5.41) is 1.00. The molecule has 0 aliphatic carbocycles. The van der Waals surface area contributed by atoms with Gasteiger partial charge in [-0.3, -0.25) is 0 Å². The first-order chi connectivity index (χ1) is 26.7. The van der Waals surface area contributed by atoms with Crippen LogP contribution in [0, 0.1) is 0 Å². The lowest BCUT2D eigenvalue weighted by atomic mass is 9.37. The fourth-order valence-electron chi connectivity index (χ4n) is 7.01. The molecule has 0 amide bonds. The van der Waals surface area contributed by atoms with Gasteiger partial charge in [-0.05, 0) is 48.2 Å². The van der Waals surface area contributed by atoms with Crippen LogP contribution in [0.15, 0.2) is 189 Å². The van der Waals surface area contributed by atoms with Crippen molar-refractivity contribution in [1.29, 1.82) is 0 Å². The smallest absolute Gasteiger partial charge is 0.241 e. The van der Waals surface area contributed by atoms with Gasteiger partial charge >= 0.3 is 0 Å². The second-order valence-electron chi connectivity index (χ2n) is 13.6. The molecule has 1 aromatic heterocycles. The normalized spacial score (nSPS) is 11.1. The van der Waals surface area contributed by atoms with Gasteiger partial charge in [0.05, 0.1) is 34.2 Å². The van der Waals surface area contributed by atoms with Gasteiger partial charge in [0.15, 0.2) is 0 Å². The SMILES string of the molecule is CCCCOc1cccc(C([SiH2]c2ccccc2)(c2cccc(OCCCC)c2)n2ccnc2)c1.c1ccc(B(c2ccccc2)c2ccccc2)cc1. The van der Waals surface area contributed by atoms with Gasteiger partial charge in [0.2, 0.25) is 6.71 Å². The monoisotopic (exact) mass is 726 g/mol. The lowest BCUT2D eigenvalue weighted by Gasteiger charge is -2.37. The molecular formula is C48H51BN2O2Si. The number of aromatic nitrogens is 2. The van der Waals surface area contributed by atoms with Crippen molar-refractivity contribution < 1.29 is 9.47 Å². The first-order valence-electron chi connectivity index (χ1n) is 19.3. The first-order valence-corrected chi connectivity index (χ1v) is 20.8. The summed E-state index contributed by atoms with van der Waals surface area (Å²) in [6.07, 6.45) is 10.2. The van der Waals surface area contributed by atoms with E-state index in [1.807, 2.05) is 12.5 Å². The summed E-state index contributed by atoms with van der Waals surface area (Å²) in [5.74, 6) is 1.83. The zero-order valence-electron chi connectivity index (χ0n) is 31.6. The second-order valence-corrected chi connectivity index (χ2v) is 15.8. The van der Waals surface area contributed by atoms with E-state index in [0.717, 1.165) is 50.4 Å². The molecule has 0 bridgehead atoms. The summed E-state index contributed by atoms with van der Waals surface area (Å²) in [4.78, 5) is 4.47. The van der Waals surface area contributed by atoms with Crippen LogP contribution < -0.4 is 31.0 Å². The van der Waals surface area contributed by atoms with Crippen LogP contribution in [0.3, 0.4) is 0 Å². The molecule has 0 N–H and O–H groups in total. The number of hydrogen-bond donors (Lipinski definition) is 0. The summed E-state index contributed by atoms with van der Waals surface area (Å²) in [5.41, 5.74) is 6.43. The number of rotatable bonds is 16. The van der Waals surface area contributed by atoms with E-state index in [-0.39, 0.29) is 5.16 Å². The van der Waals surface area contributed by atoms with Gasteiger partial charge in [-0.25, -0.2) is 4.98 Å². The highest BCUT2D eigenvalue weighted by atomic mass is 28.2. The summed E-state index contributed by atoms with van der Waals surface area (Å²) in [6.45, 7) is 6.14. The van der Waals surface area contributed by atoms with Crippen LogP contribution in [0.1, 0.15) is 50.7 Å². The fraction of sp³-hybridized carbons (Fsp3) is 0.188. The average Bonchev–Trinajstić information content (AvgIpc) is 3.78. The molecule has 0 saturated heterocycles. The van der Waals surface area contributed by atoms with Crippen LogP contribution >= 0.6 is 0 Å². The second kappa shape index (κ2) is 20.0. The maximum atomic E-state index is 6.14. The van der Waals surface area contributed by atoms with Crippen molar-refractivity contribution in [3.63, 3.8) is 0 Å². The third kappa shape index (κ3) is 9.88. The Hall–Kier alpha value is -5.59. The average molecular weight is 727 g/mol. The summed E-state index contributed by atoms with van der Waals surface area (Å²) in [7, 11) is -0.937. The highest BCUT2D eigenvalue weighted by molar-refractivity contribution is 6.95. The van der Waals surface area contributed by atoms with Crippen molar-refractivity contribution in [2.45, 2.75) is 44.7 Å². The molecule has 0 spiro atoms. The molecule has 54 heavy (non-hydrogen) atoms. The molecule has 272 valence electrons. The van der Waals surface area contributed by atoms with Gasteiger partial charge in [0, 0.05) is 12.4 Å². The molecular weight excluding hydrogens is 675 g/mol. The number of imidazole rings is 1. The fourth-order valence-corrected chi connectivity index (χ4v) is 9.32. The van der Waals surface area contributed by atoms with Crippen LogP contribution in [0.25, 0.3) is 0 Å². The van der Waals surface area contributed by atoms with E-state index < -0.39 is 9.52 Å². The largest absolute Gasteiger partial charge is 0.494 e. The number of ether oxygens (including phenoxy) is 2. The van der Waals surface area contributed by atoms with Crippen LogP contribution in [0.5, 0.6) is 11.5 Å². The minimum absolute atomic E-state index is 0.309. The van der Waals surface area contributed by atoms with Crippen molar-refractivity contribution in [2.24, 2.45) is 0 Å². The molecule has 0 saturated carbocycles. The van der Waals surface area contributed by atoms with Crippen LogP contribution in [0.2, 0.25) is 0 Å². The number of unbranched alkanes of at least 4 members (excludes halogenated alkanes) is 2. The maximum Gasteiger partial charge on any atom is 0.241 e. The summed E-state index contributed by atoms with van der Waals surface area (Å²) in [6, 6.07) is 60.1. The summed E-state index contributed by atoms with van der Waals surface area (Å²) >= 11 is 0. The Morgan fingerprint density at radius 2 is 1.00 bits per heavy atom. The maximum absolute atomic E-state index is 6.14. The predicted octanol–water partition coefficient (Wildman–Crippen LogP) is 7.69. The Kier molecular flexibility index (Phi) is 14.1. The van der Waals surface area contributed by atoms with Crippen LogP contribution in [-0.4, -0.2) is 39.0 Å². The minimum Gasteiger partial charge on any atom is -0.494 e. The van der Waals surface area contributed by atoms with Gasteiger partial charge < -0.3 is 14.0 Å². The Balaban J connectivity index is 0.000000219. The Morgan fingerprint density at radius 3 is 1.41 bits per heavy atom. The van der Waals surface area contributed by atoms with E-state index >= 15 is 0 Å². The van der Waals surface area contributed by atoms with Gasteiger partial charge in [-0.15, -0.1) is 0 Å². The van der Waals surface area contributed by atoms with Gasteiger partial charge in [-0.2, -0.15) is 0 Å². The van der Waals surface area contributed by atoms with Gasteiger partial charge in [0.25, 0.3) is 0 Å². The van der Waals surface area contributed by atoms with E-state index in [4.69, 9.17) is 9.47 Å². The van der Waals surface area contributed by atoms with Crippen molar-refractivity contribution >= 4 is 37.8 Å². The van der Waals surface area contributed by atoms with Crippen LogP contribution in [0.4, 0.5) is 0 Å². The zero-order chi connectivity index (χ0) is 37.3. The Morgan fingerprint density at radius 1 is 0.556 bits per heavy atom. The van der Waals surface area contributed by atoms with E-state index in [1.165, 1.54) is 32.7 Å². The molecule has 4 nitrogen and oxygen atoms in total. The van der Waals surface area contributed by atoms with Crippen molar-refractivity contribution in [3.8, 4) is 11.5 Å². The topological polar surface area (TPSA) is 36.3 Å². The number of benzene rings is 6. The molecule has 0 aliphatic rings. The third-order valence-corrected chi connectivity index (χ3v) is 12.4. The van der Waals surface area contributed by atoms with Gasteiger partial charge in [0.1, 0.15) is 11.5 Å². The van der Waals surface area contributed by atoms with E-state index in [2.05, 4.69) is 199 Å². The zero-order valence-corrected chi connectivity index (χ0v) is 33.1. The van der Waals surface area contributed by atoms with E-state index in [9.17, 15) is 0 Å². The molecule has 0 radical (unpaired) electrons. The predicted molar refractivity (Wildman–Crippen MR) is 231 cm³/mol. The standard InChI is InChI=1S/C30H36N2O2Si.C18H15B/c1-3-5-20-33-27-14-10-12-25(22-27)30(32-19-18-31-24-32,35-29-16-8-7-9-17-29)26-13-11-15-28(23-26)34-21-6-4-2;1-4-10-16(11-5-1)19(17-12-6-2-7-13-17)18-14-8-3-9-15-18/h7-19,22-24H,3-6,20-21,35H2,1-2H3;1-15H. The van der Waals surface area contributed by atoms with Gasteiger partial charge in [-0.1, -0.05) is 194 Å². The molecule has 7 rings (SSSR count). The third-order valence-electron chi connectivity index (χ3n) is 9.80. The molecule has 0 fully saturated rings. The van der Waals surface area contributed by atoms with Crippen LogP contribution in [-0.2, 0) is 5.16 Å². The molecule has 0 atom stereocenters. The summed E-state index contributed by atoms with van der Waals surface area (Å²) < 4.78 is 14.6. The highest BCUT2D eigenvalue weighted by Gasteiger charge is 2.37. The molecule has 0 unspecified atom stereocenters. The molecule has 0 aliphatic heterocycles. The van der Waals surface area contributed by atoms with E-state index in [1.54, 1.807) is 0 Å². The number of nitrogens with zero attached hydrogens (tertiary/aromatic N) is 2. The Bertz CT molecular complexity index is 1930. The quantitative estimate of drug-likeness (QED) is 0.0758. The minimum atomic E-state index is -0.937. The lowest BCUT2D eigenvalue weighted by molar-refractivity contribution is 0.308. The highest BCUT2D eigenvalue weighted by Crippen LogP contribution is 2.36.